The van der Waals surface area contributed by atoms with Crippen molar-refractivity contribution in [3.05, 3.63) is 48.1 Å². The molecule has 0 heterocycles. The third kappa shape index (κ3) is 6.16. The fourth-order valence-corrected chi connectivity index (χ4v) is 3.67. The molecule has 0 saturated heterocycles. The largest absolute Gasteiger partial charge is 0.147 e. The van der Waals surface area contributed by atoms with E-state index in [1.165, 1.54) is 15.0 Å². The number of rotatable bonds is 4. The number of halogens is 2. The van der Waals surface area contributed by atoms with Gasteiger partial charge in [0.2, 0.25) is 0 Å². The molecule has 110 valence electrons. The van der Waals surface area contributed by atoms with Crippen molar-refractivity contribution in [2.75, 3.05) is 6.61 Å². The van der Waals surface area contributed by atoms with E-state index < -0.39 is 19.5 Å². The molecule has 0 spiro atoms. The van der Waals surface area contributed by atoms with Crippen LogP contribution >= 0.6 is 24.8 Å². The molecular weight excluding hydrogens is 327 g/mol. The first kappa shape index (κ1) is 20.0. The molecule has 1 aliphatic rings. The third-order valence-corrected chi connectivity index (χ3v) is 4.21. The Bertz CT molecular complexity index is 476. The van der Waals surface area contributed by atoms with Crippen molar-refractivity contribution in [2.24, 2.45) is 5.41 Å². The zero-order chi connectivity index (χ0) is 13.0. The van der Waals surface area contributed by atoms with E-state index in [4.69, 9.17) is 3.32 Å². The van der Waals surface area contributed by atoms with E-state index in [0.29, 0.717) is 0 Å². The predicted molar refractivity (Wildman–Crippen MR) is 87.7 cm³/mol. The summed E-state index contributed by atoms with van der Waals surface area (Å²) < 4.78 is 7.38. The van der Waals surface area contributed by atoms with Crippen LogP contribution < -0.4 is 3.87 Å². The fourth-order valence-electron chi connectivity index (χ4n) is 1.83. The van der Waals surface area contributed by atoms with Crippen LogP contribution in [0.25, 0.3) is 5.57 Å². The molecule has 0 bridgehead atoms. The molecule has 0 fully saturated rings. The average molecular weight is 349 g/mol. The van der Waals surface area contributed by atoms with Gasteiger partial charge in [-0.3, -0.25) is 0 Å². The molecule has 0 unspecified atom stereocenters. The van der Waals surface area contributed by atoms with Crippen molar-refractivity contribution in [3.63, 3.8) is 0 Å². The Labute approximate surface area is 144 Å². The molecular formula is C16H22Cl2OTi. The van der Waals surface area contributed by atoms with E-state index in [1.54, 1.807) is 0 Å². The molecule has 1 aromatic carbocycles. The van der Waals surface area contributed by atoms with Crippen molar-refractivity contribution in [1.82, 2.24) is 0 Å². The average Bonchev–Trinajstić information content (AvgIpc) is 2.81. The number of hydrogen-bond donors (Lipinski definition) is 0. The van der Waals surface area contributed by atoms with Crippen molar-refractivity contribution < 1.29 is 22.9 Å². The summed E-state index contributed by atoms with van der Waals surface area (Å²) in [6.07, 6.45) is 7.63. The predicted octanol–water partition coefficient (Wildman–Crippen LogP) is 4.56. The molecule has 20 heavy (non-hydrogen) atoms. The maximum atomic E-state index is 5.96. The van der Waals surface area contributed by atoms with Gasteiger partial charge in [0.05, 0.1) is 0 Å². The summed E-state index contributed by atoms with van der Waals surface area (Å²) >= 11 is -0.490. The second-order valence-corrected chi connectivity index (χ2v) is 7.43. The van der Waals surface area contributed by atoms with E-state index in [-0.39, 0.29) is 30.2 Å². The molecule has 0 amide bonds. The van der Waals surface area contributed by atoms with Crippen LogP contribution in [-0.2, 0) is 22.9 Å². The molecule has 4 heteroatoms. The molecule has 2 rings (SSSR count). The van der Waals surface area contributed by atoms with Gasteiger partial charge in [0, 0.05) is 0 Å². The Morgan fingerprint density at radius 1 is 1.15 bits per heavy atom. The molecule has 1 nitrogen and oxygen atoms in total. The van der Waals surface area contributed by atoms with Crippen LogP contribution in [0, 0.1) is 5.41 Å². The Balaban J connectivity index is 0.00000180. The molecule has 0 radical (unpaired) electrons. The summed E-state index contributed by atoms with van der Waals surface area (Å²) in [4.78, 5) is 0. The van der Waals surface area contributed by atoms with Crippen LogP contribution in [0.1, 0.15) is 32.8 Å². The topological polar surface area (TPSA) is 9.23 Å². The van der Waals surface area contributed by atoms with E-state index >= 15 is 0 Å². The smallest absolute Gasteiger partial charge is 0.147 e. The molecule has 0 aromatic heterocycles. The number of allylic oxidation sites excluding steroid dienone is 4. The van der Waals surface area contributed by atoms with Gasteiger partial charge >= 0.3 is 120 Å². The summed E-state index contributed by atoms with van der Waals surface area (Å²) in [5.74, 6) is 0. The Morgan fingerprint density at radius 2 is 1.85 bits per heavy atom. The van der Waals surface area contributed by atoms with Crippen molar-refractivity contribution in [1.29, 1.82) is 0 Å². The zero-order valence-corrected chi connectivity index (χ0v) is 15.4. The van der Waals surface area contributed by atoms with Gasteiger partial charge in [-0.2, -0.15) is 0 Å². The molecule has 1 aliphatic carbocycles. The standard InChI is InChI=1S/C11H9.C5H11O.2ClH.Ti/c1-2-6-10(7-3-1)11-8-4-5-9-11;1-5(2,3)4-6;;;/h1-6,8H,9H2;4H2,1-3H3;2*1H;/q;-1;;;+1. The van der Waals surface area contributed by atoms with Crippen LogP contribution in [0.3, 0.4) is 0 Å². The molecule has 0 N–H and O–H groups in total. The first-order valence-corrected chi connectivity index (χ1v) is 7.81. The minimum absolute atomic E-state index is 0. The Hall–Kier alpha value is -0.0457. The van der Waals surface area contributed by atoms with Crippen LogP contribution in [0.2, 0.25) is 0 Å². The van der Waals surface area contributed by atoms with Crippen LogP contribution in [0.4, 0.5) is 0 Å². The van der Waals surface area contributed by atoms with Gasteiger partial charge in [0.25, 0.3) is 0 Å². The zero-order valence-electron chi connectivity index (χ0n) is 12.2. The summed E-state index contributed by atoms with van der Waals surface area (Å²) in [6.45, 7) is 7.50. The molecule has 1 aromatic rings. The Morgan fingerprint density at radius 3 is 2.45 bits per heavy atom. The van der Waals surface area contributed by atoms with Crippen LogP contribution in [-0.4, -0.2) is 6.61 Å². The minimum atomic E-state index is -0.490. The van der Waals surface area contributed by atoms with Gasteiger partial charge < -0.3 is 0 Å². The first-order valence-electron chi connectivity index (χ1n) is 6.39. The monoisotopic (exact) mass is 348 g/mol. The van der Waals surface area contributed by atoms with Gasteiger partial charge in [0.1, 0.15) is 0 Å². The van der Waals surface area contributed by atoms with Crippen molar-refractivity contribution in [2.45, 2.75) is 27.2 Å². The number of hydrogen-bond acceptors (Lipinski definition) is 1. The van der Waals surface area contributed by atoms with Crippen molar-refractivity contribution in [3.8, 4) is 0 Å². The van der Waals surface area contributed by atoms with Gasteiger partial charge in [0.15, 0.2) is 0 Å². The SMILES string of the molecule is CC(C)(C)C[O][Ti][c]1ccccc1C1=CC=CC1.Cl.Cl. The van der Waals surface area contributed by atoms with E-state index in [1.807, 2.05) is 0 Å². The van der Waals surface area contributed by atoms with E-state index in [2.05, 4.69) is 63.3 Å². The molecule has 0 saturated carbocycles. The third-order valence-electron chi connectivity index (χ3n) is 2.73. The maximum absolute atomic E-state index is 5.96. The summed E-state index contributed by atoms with van der Waals surface area (Å²) in [7, 11) is 0. The quantitative estimate of drug-likeness (QED) is 0.725. The summed E-state index contributed by atoms with van der Waals surface area (Å²) in [5, 5.41) is 0. The normalized spacial score (nSPS) is 13.2. The van der Waals surface area contributed by atoms with Gasteiger partial charge in [-0.05, 0) is 0 Å². The molecule has 0 atom stereocenters. The van der Waals surface area contributed by atoms with Crippen molar-refractivity contribution >= 4 is 34.3 Å². The van der Waals surface area contributed by atoms with Gasteiger partial charge in [-0.15, -0.1) is 24.8 Å². The van der Waals surface area contributed by atoms with Gasteiger partial charge in [-0.25, -0.2) is 0 Å². The fraction of sp³-hybridized carbons (Fsp3) is 0.375. The minimum Gasteiger partial charge on any atom is -0.147 e. The Kier molecular flexibility index (Phi) is 9.05. The maximum Gasteiger partial charge on any atom is -0.147 e. The van der Waals surface area contributed by atoms with Crippen LogP contribution in [0.15, 0.2) is 42.5 Å². The second-order valence-electron chi connectivity index (χ2n) is 5.82. The van der Waals surface area contributed by atoms with E-state index in [0.717, 1.165) is 13.0 Å². The summed E-state index contributed by atoms with van der Waals surface area (Å²) in [5.41, 5.74) is 3.07. The summed E-state index contributed by atoms with van der Waals surface area (Å²) in [6, 6.07) is 8.68. The molecule has 0 aliphatic heterocycles. The van der Waals surface area contributed by atoms with Crippen LogP contribution in [0.5, 0.6) is 0 Å². The number of benzene rings is 1. The van der Waals surface area contributed by atoms with E-state index in [9.17, 15) is 0 Å². The second kappa shape index (κ2) is 9.07. The first-order chi connectivity index (χ1) is 8.56. The van der Waals surface area contributed by atoms with Gasteiger partial charge in [-0.1, -0.05) is 0 Å².